The molecular formula is C23H24N2O3. The van der Waals surface area contributed by atoms with Gasteiger partial charge in [-0.2, -0.15) is 5.10 Å². The van der Waals surface area contributed by atoms with E-state index in [2.05, 4.69) is 24.4 Å². The van der Waals surface area contributed by atoms with E-state index in [-0.39, 0.29) is 18.3 Å². The molecule has 5 heteroatoms. The lowest BCUT2D eigenvalue weighted by molar-refractivity contribution is -0.123. The maximum Gasteiger partial charge on any atom is 0.277 e. The fourth-order valence-electron chi connectivity index (χ4n) is 2.90. The molecule has 0 saturated carbocycles. The van der Waals surface area contributed by atoms with Crippen LogP contribution in [0.5, 0.6) is 11.5 Å². The van der Waals surface area contributed by atoms with Crippen LogP contribution >= 0.6 is 0 Å². The summed E-state index contributed by atoms with van der Waals surface area (Å²) in [6.07, 6.45) is 2.52. The molecular weight excluding hydrogens is 352 g/mol. The number of aromatic hydroxyl groups is 1. The van der Waals surface area contributed by atoms with Crippen molar-refractivity contribution in [2.45, 2.75) is 26.2 Å². The molecule has 0 bridgehead atoms. The third-order valence-electron chi connectivity index (χ3n) is 4.76. The summed E-state index contributed by atoms with van der Waals surface area (Å²) in [5.41, 5.74) is 4.23. The topological polar surface area (TPSA) is 70.9 Å². The van der Waals surface area contributed by atoms with Crippen molar-refractivity contribution in [1.29, 1.82) is 0 Å². The van der Waals surface area contributed by atoms with Gasteiger partial charge in [0, 0.05) is 5.56 Å². The van der Waals surface area contributed by atoms with Crippen LogP contribution in [-0.4, -0.2) is 23.8 Å². The summed E-state index contributed by atoms with van der Waals surface area (Å²) in [6, 6.07) is 18.9. The summed E-state index contributed by atoms with van der Waals surface area (Å²) in [6.45, 7) is 4.19. The first-order chi connectivity index (χ1) is 13.6. The number of amides is 1. The van der Waals surface area contributed by atoms with Gasteiger partial charge < -0.3 is 9.84 Å². The van der Waals surface area contributed by atoms with Crippen LogP contribution in [0, 0.1) is 0 Å². The molecule has 0 aliphatic rings. The van der Waals surface area contributed by atoms with Crippen LogP contribution in [0.4, 0.5) is 0 Å². The summed E-state index contributed by atoms with van der Waals surface area (Å²) in [5.74, 6) is 0.867. The van der Waals surface area contributed by atoms with Gasteiger partial charge in [-0.3, -0.25) is 4.79 Å². The number of nitrogens with one attached hydrogen (secondary N) is 1. The van der Waals surface area contributed by atoms with Crippen molar-refractivity contribution >= 4 is 22.9 Å². The second kappa shape index (κ2) is 9.04. The number of ether oxygens (including phenoxy) is 1. The lowest BCUT2D eigenvalue weighted by atomic mass is 9.99. The zero-order chi connectivity index (χ0) is 19.9. The van der Waals surface area contributed by atoms with E-state index in [9.17, 15) is 9.90 Å². The van der Waals surface area contributed by atoms with Crippen molar-refractivity contribution in [2.24, 2.45) is 5.10 Å². The normalized spacial score (nSPS) is 12.2. The predicted octanol–water partition coefficient (Wildman–Crippen LogP) is 4.59. The number of phenols is 1. The van der Waals surface area contributed by atoms with Gasteiger partial charge >= 0.3 is 0 Å². The van der Waals surface area contributed by atoms with E-state index in [1.165, 1.54) is 11.8 Å². The highest BCUT2D eigenvalue weighted by atomic mass is 16.5. The fourth-order valence-corrected chi connectivity index (χ4v) is 2.90. The molecule has 0 heterocycles. The molecule has 0 aliphatic carbocycles. The number of hydrogen-bond acceptors (Lipinski definition) is 4. The van der Waals surface area contributed by atoms with E-state index in [4.69, 9.17) is 4.74 Å². The molecule has 0 spiro atoms. The monoisotopic (exact) mass is 376 g/mol. The molecule has 28 heavy (non-hydrogen) atoms. The molecule has 3 rings (SSSR count). The number of nitrogens with zero attached hydrogens (tertiary/aromatic N) is 1. The minimum absolute atomic E-state index is 0.106. The van der Waals surface area contributed by atoms with Crippen molar-refractivity contribution in [3.8, 4) is 11.5 Å². The molecule has 2 N–H and O–H groups in total. The largest absolute Gasteiger partial charge is 0.507 e. The highest BCUT2D eigenvalue weighted by molar-refractivity contribution is 6.02. The quantitative estimate of drug-likeness (QED) is 0.468. The molecule has 0 aromatic heterocycles. The first-order valence-corrected chi connectivity index (χ1v) is 9.34. The molecule has 5 nitrogen and oxygen atoms in total. The van der Waals surface area contributed by atoms with Crippen LogP contribution in [0.1, 0.15) is 37.3 Å². The number of rotatable bonds is 7. The van der Waals surface area contributed by atoms with E-state index in [0.29, 0.717) is 17.2 Å². The lowest BCUT2D eigenvalue weighted by Crippen LogP contribution is -2.24. The maximum absolute atomic E-state index is 12.0. The smallest absolute Gasteiger partial charge is 0.277 e. The van der Waals surface area contributed by atoms with Crippen molar-refractivity contribution in [3.63, 3.8) is 0 Å². The Morgan fingerprint density at radius 2 is 1.89 bits per heavy atom. The summed E-state index contributed by atoms with van der Waals surface area (Å²) >= 11 is 0. The molecule has 1 unspecified atom stereocenters. The number of fused-ring (bicyclic) bond motifs is 1. The van der Waals surface area contributed by atoms with Gasteiger partial charge in [0.05, 0.1) is 6.21 Å². The Morgan fingerprint density at radius 1 is 1.14 bits per heavy atom. The van der Waals surface area contributed by atoms with E-state index < -0.39 is 0 Å². The van der Waals surface area contributed by atoms with Crippen LogP contribution in [0.15, 0.2) is 65.8 Å². The SMILES string of the molecule is CCC(C)c1ccc(OCC(=O)NN=Cc2c(O)ccc3ccccc23)cc1. The summed E-state index contributed by atoms with van der Waals surface area (Å²) in [4.78, 5) is 12.0. The van der Waals surface area contributed by atoms with Crippen LogP contribution < -0.4 is 10.2 Å². The number of hydrazone groups is 1. The Kier molecular flexibility index (Phi) is 6.27. The van der Waals surface area contributed by atoms with Crippen molar-refractivity contribution in [1.82, 2.24) is 5.43 Å². The van der Waals surface area contributed by atoms with Gasteiger partial charge in [0.15, 0.2) is 6.61 Å². The minimum Gasteiger partial charge on any atom is -0.507 e. The van der Waals surface area contributed by atoms with E-state index in [1.54, 1.807) is 6.07 Å². The highest BCUT2D eigenvalue weighted by Crippen LogP contribution is 2.25. The van der Waals surface area contributed by atoms with E-state index in [1.807, 2.05) is 54.6 Å². The Morgan fingerprint density at radius 3 is 2.64 bits per heavy atom. The maximum atomic E-state index is 12.0. The van der Waals surface area contributed by atoms with Crippen molar-refractivity contribution in [3.05, 3.63) is 71.8 Å². The molecule has 0 fully saturated rings. The molecule has 3 aromatic carbocycles. The molecule has 0 radical (unpaired) electrons. The first kappa shape index (κ1) is 19.4. The first-order valence-electron chi connectivity index (χ1n) is 9.34. The van der Waals surface area contributed by atoms with E-state index in [0.717, 1.165) is 17.2 Å². The molecule has 0 aliphatic heterocycles. The molecule has 0 saturated heterocycles. The van der Waals surface area contributed by atoms with Crippen LogP contribution in [0.25, 0.3) is 10.8 Å². The van der Waals surface area contributed by atoms with Gasteiger partial charge in [-0.05, 0) is 46.9 Å². The van der Waals surface area contributed by atoms with Gasteiger partial charge in [0.25, 0.3) is 5.91 Å². The second-order valence-electron chi connectivity index (χ2n) is 6.68. The van der Waals surface area contributed by atoms with Gasteiger partial charge in [0.1, 0.15) is 11.5 Å². The minimum atomic E-state index is -0.373. The van der Waals surface area contributed by atoms with Gasteiger partial charge in [-0.1, -0.05) is 56.3 Å². The zero-order valence-electron chi connectivity index (χ0n) is 16.1. The Bertz CT molecular complexity index is 981. The average Bonchev–Trinajstić information content (AvgIpc) is 2.73. The van der Waals surface area contributed by atoms with Crippen molar-refractivity contribution in [2.75, 3.05) is 6.61 Å². The second-order valence-corrected chi connectivity index (χ2v) is 6.68. The molecule has 1 amide bonds. The summed E-state index contributed by atoms with van der Waals surface area (Å²) < 4.78 is 5.50. The lowest BCUT2D eigenvalue weighted by Gasteiger charge is -2.10. The highest BCUT2D eigenvalue weighted by Gasteiger charge is 2.06. The molecule has 144 valence electrons. The standard InChI is InChI=1S/C23H24N2O3/c1-3-16(2)17-8-11-19(12-9-17)28-15-23(27)25-24-14-21-20-7-5-4-6-18(20)10-13-22(21)26/h4-14,16,26H,3,15H2,1-2H3,(H,25,27). The van der Waals surface area contributed by atoms with Crippen LogP contribution in [0.3, 0.4) is 0 Å². The molecule has 1 atom stereocenters. The summed E-state index contributed by atoms with van der Waals surface area (Å²) in [7, 11) is 0. The third kappa shape index (κ3) is 4.68. The Hall–Kier alpha value is -3.34. The van der Waals surface area contributed by atoms with Crippen LogP contribution in [0.2, 0.25) is 0 Å². The van der Waals surface area contributed by atoms with Crippen molar-refractivity contribution < 1.29 is 14.6 Å². The fraction of sp³-hybridized carbons (Fsp3) is 0.217. The zero-order valence-corrected chi connectivity index (χ0v) is 16.1. The number of carbonyl (C=O) groups is 1. The molecule has 3 aromatic rings. The van der Waals surface area contributed by atoms with Gasteiger partial charge in [0.2, 0.25) is 0 Å². The Balaban J connectivity index is 1.57. The van der Waals surface area contributed by atoms with Gasteiger partial charge in [-0.15, -0.1) is 0 Å². The predicted molar refractivity (Wildman–Crippen MR) is 112 cm³/mol. The average molecular weight is 376 g/mol. The number of phenolic OH excluding ortho intramolecular Hbond substituents is 1. The van der Waals surface area contributed by atoms with E-state index >= 15 is 0 Å². The Labute approximate surface area is 164 Å². The number of hydrogen-bond donors (Lipinski definition) is 2. The number of benzene rings is 3. The van der Waals surface area contributed by atoms with Gasteiger partial charge in [-0.25, -0.2) is 5.43 Å². The number of carbonyl (C=O) groups excluding carboxylic acids is 1. The third-order valence-corrected chi connectivity index (χ3v) is 4.76. The summed E-state index contributed by atoms with van der Waals surface area (Å²) in [5, 5.41) is 15.9. The van der Waals surface area contributed by atoms with Crippen LogP contribution in [-0.2, 0) is 4.79 Å².